The molecule has 0 saturated heterocycles. The minimum absolute atomic E-state index is 0.139. The molecule has 0 aliphatic heterocycles. The van der Waals surface area contributed by atoms with Crippen LogP contribution in [0, 0.1) is 5.41 Å². The van der Waals surface area contributed by atoms with Gasteiger partial charge < -0.3 is 15.7 Å². The van der Waals surface area contributed by atoms with Gasteiger partial charge in [0, 0.05) is 6.54 Å². The van der Waals surface area contributed by atoms with Gasteiger partial charge >= 0.3 is 5.97 Å². The number of likely N-dealkylation sites (N-methyl/N-ethyl adjacent to an activating group) is 1. The third kappa shape index (κ3) is 2.70. The Bertz CT molecular complexity index is 236. The molecule has 1 aliphatic rings. The zero-order chi connectivity index (χ0) is 10.6. The summed E-state index contributed by atoms with van der Waals surface area (Å²) >= 11 is 0. The van der Waals surface area contributed by atoms with Crippen molar-refractivity contribution in [3.05, 3.63) is 0 Å². The summed E-state index contributed by atoms with van der Waals surface area (Å²) in [6.45, 7) is 3.16. The monoisotopic (exact) mass is 200 g/mol. The van der Waals surface area contributed by atoms with Gasteiger partial charge in [-0.15, -0.1) is 0 Å². The Morgan fingerprint density at radius 3 is 2.50 bits per heavy atom. The van der Waals surface area contributed by atoms with Gasteiger partial charge in [0.2, 0.25) is 5.91 Å². The lowest BCUT2D eigenvalue weighted by atomic mass is 10.1. The minimum atomic E-state index is -0.804. The number of aliphatic carboxylic acids is 1. The van der Waals surface area contributed by atoms with Crippen LogP contribution in [0.3, 0.4) is 0 Å². The second-order valence-electron chi connectivity index (χ2n) is 3.64. The van der Waals surface area contributed by atoms with Crippen molar-refractivity contribution in [2.75, 3.05) is 19.6 Å². The van der Waals surface area contributed by atoms with Gasteiger partial charge in [0.05, 0.1) is 12.0 Å². The number of rotatable bonds is 6. The maximum atomic E-state index is 11.1. The third-order valence-electron chi connectivity index (χ3n) is 2.47. The molecule has 1 fully saturated rings. The first-order valence-corrected chi connectivity index (χ1v) is 4.81. The van der Waals surface area contributed by atoms with Gasteiger partial charge in [0.15, 0.2) is 0 Å². The van der Waals surface area contributed by atoms with E-state index in [1.54, 1.807) is 0 Å². The molecule has 14 heavy (non-hydrogen) atoms. The molecule has 80 valence electrons. The molecule has 0 spiro atoms. The maximum absolute atomic E-state index is 11.1. The van der Waals surface area contributed by atoms with Crippen molar-refractivity contribution in [2.45, 2.75) is 19.8 Å². The average Bonchev–Trinajstić information content (AvgIpc) is 2.92. The van der Waals surface area contributed by atoms with Crippen LogP contribution in [0.1, 0.15) is 19.8 Å². The number of carboxylic acids is 1. The topological polar surface area (TPSA) is 78.4 Å². The third-order valence-corrected chi connectivity index (χ3v) is 2.47. The molecule has 0 aromatic rings. The van der Waals surface area contributed by atoms with Crippen molar-refractivity contribution < 1.29 is 14.7 Å². The van der Waals surface area contributed by atoms with Crippen molar-refractivity contribution in [2.24, 2.45) is 5.41 Å². The van der Waals surface area contributed by atoms with E-state index in [1.807, 2.05) is 6.92 Å². The van der Waals surface area contributed by atoms with Crippen LogP contribution < -0.4 is 10.6 Å². The number of hydrogen-bond donors (Lipinski definition) is 3. The van der Waals surface area contributed by atoms with Crippen LogP contribution in [-0.2, 0) is 9.59 Å². The smallest absolute Gasteiger partial charge is 0.311 e. The van der Waals surface area contributed by atoms with E-state index in [4.69, 9.17) is 5.11 Å². The van der Waals surface area contributed by atoms with Crippen LogP contribution in [0.15, 0.2) is 0 Å². The summed E-state index contributed by atoms with van der Waals surface area (Å²) in [6, 6.07) is 0. The molecule has 1 aliphatic carbocycles. The fourth-order valence-corrected chi connectivity index (χ4v) is 1.19. The molecule has 0 heterocycles. The first kappa shape index (κ1) is 11.0. The summed E-state index contributed by atoms with van der Waals surface area (Å²) in [5.74, 6) is -0.944. The Balaban J connectivity index is 2.20. The van der Waals surface area contributed by atoms with Gasteiger partial charge in [-0.25, -0.2) is 0 Å². The number of nitrogens with one attached hydrogen (secondary N) is 2. The van der Waals surface area contributed by atoms with Crippen molar-refractivity contribution in [3.63, 3.8) is 0 Å². The zero-order valence-electron chi connectivity index (χ0n) is 8.30. The fourth-order valence-electron chi connectivity index (χ4n) is 1.19. The molecule has 3 N–H and O–H groups in total. The lowest BCUT2D eigenvalue weighted by molar-refractivity contribution is -0.143. The van der Waals surface area contributed by atoms with Gasteiger partial charge in [-0.2, -0.15) is 0 Å². The van der Waals surface area contributed by atoms with Crippen LogP contribution in [0.25, 0.3) is 0 Å². The molecule has 0 unspecified atom stereocenters. The first-order chi connectivity index (χ1) is 6.60. The molecule has 0 aromatic heterocycles. The number of carbonyl (C=O) groups excluding carboxylic acids is 1. The summed E-state index contributed by atoms with van der Waals surface area (Å²) in [6.07, 6.45) is 1.34. The number of carboxylic acid groups (broad SMARTS) is 1. The van der Waals surface area contributed by atoms with Crippen LogP contribution in [0.4, 0.5) is 0 Å². The van der Waals surface area contributed by atoms with Crippen molar-refractivity contribution in [1.29, 1.82) is 0 Å². The molecule has 0 bridgehead atoms. The standard InChI is InChI=1S/C9H16N2O3/c1-2-10-5-7(12)11-6-9(3-4-9)8(13)14/h10H,2-6H2,1H3,(H,11,12)(H,13,14). The molecular formula is C9H16N2O3. The van der Waals surface area contributed by atoms with Gasteiger partial charge in [0.1, 0.15) is 0 Å². The van der Waals surface area contributed by atoms with Crippen molar-refractivity contribution in [1.82, 2.24) is 10.6 Å². The summed E-state index contributed by atoms with van der Waals surface area (Å²) in [5, 5.41) is 14.3. The molecule has 0 radical (unpaired) electrons. The van der Waals surface area contributed by atoms with E-state index in [0.717, 1.165) is 6.54 Å². The lowest BCUT2D eigenvalue weighted by Gasteiger charge is -2.10. The van der Waals surface area contributed by atoms with E-state index in [9.17, 15) is 9.59 Å². The molecule has 0 aromatic carbocycles. The first-order valence-electron chi connectivity index (χ1n) is 4.81. The van der Waals surface area contributed by atoms with E-state index >= 15 is 0 Å². The second-order valence-corrected chi connectivity index (χ2v) is 3.64. The largest absolute Gasteiger partial charge is 0.481 e. The van der Waals surface area contributed by atoms with E-state index in [2.05, 4.69) is 10.6 Å². The van der Waals surface area contributed by atoms with E-state index in [1.165, 1.54) is 0 Å². The van der Waals surface area contributed by atoms with E-state index in [-0.39, 0.29) is 19.0 Å². The Labute approximate surface area is 82.9 Å². The Kier molecular flexibility index (Phi) is 3.46. The summed E-state index contributed by atoms with van der Waals surface area (Å²) < 4.78 is 0. The van der Waals surface area contributed by atoms with E-state index in [0.29, 0.717) is 12.8 Å². The van der Waals surface area contributed by atoms with Crippen LogP contribution >= 0.6 is 0 Å². The average molecular weight is 200 g/mol. The van der Waals surface area contributed by atoms with Crippen LogP contribution in [0.2, 0.25) is 0 Å². The minimum Gasteiger partial charge on any atom is -0.481 e. The maximum Gasteiger partial charge on any atom is 0.311 e. The van der Waals surface area contributed by atoms with Gasteiger partial charge in [0.25, 0.3) is 0 Å². The molecular weight excluding hydrogens is 184 g/mol. The van der Waals surface area contributed by atoms with Crippen molar-refractivity contribution >= 4 is 11.9 Å². The summed E-state index contributed by atoms with van der Waals surface area (Å²) in [4.78, 5) is 21.9. The zero-order valence-corrected chi connectivity index (χ0v) is 8.30. The van der Waals surface area contributed by atoms with Crippen LogP contribution in [-0.4, -0.2) is 36.6 Å². The SMILES string of the molecule is CCNCC(=O)NCC1(C(=O)O)CC1. The second kappa shape index (κ2) is 4.41. The predicted octanol–water partition coefficient (Wildman–Crippen LogP) is -0.423. The molecule has 1 saturated carbocycles. The Hall–Kier alpha value is -1.10. The predicted molar refractivity (Wildman–Crippen MR) is 50.9 cm³/mol. The Morgan fingerprint density at radius 2 is 2.07 bits per heavy atom. The Morgan fingerprint density at radius 1 is 1.43 bits per heavy atom. The van der Waals surface area contributed by atoms with Gasteiger partial charge in [-0.05, 0) is 19.4 Å². The molecule has 5 nitrogen and oxygen atoms in total. The number of hydrogen-bond acceptors (Lipinski definition) is 3. The van der Waals surface area contributed by atoms with Gasteiger partial charge in [-0.1, -0.05) is 6.92 Å². The molecule has 0 atom stereocenters. The fraction of sp³-hybridized carbons (Fsp3) is 0.778. The lowest BCUT2D eigenvalue weighted by Crippen LogP contribution is -2.39. The number of carbonyl (C=O) groups is 2. The quantitative estimate of drug-likeness (QED) is 0.544. The normalized spacial score (nSPS) is 17.5. The summed E-state index contributed by atoms with van der Waals surface area (Å²) in [5.41, 5.74) is -0.665. The highest BCUT2D eigenvalue weighted by Gasteiger charge is 2.50. The highest BCUT2D eigenvalue weighted by Crippen LogP contribution is 2.45. The number of amides is 1. The van der Waals surface area contributed by atoms with Crippen molar-refractivity contribution in [3.8, 4) is 0 Å². The molecule has 1 rings (SSSR count). The molecule has 1 amide bonds. The van der Waals surface area contributed by atoms with E-state index < -0.39 is 11.4 Å². The highest BCUT2D eigenvalue weighted by molar-refractivity contribution is 5.81. The summed E-state index contributed by atoms with van der Waals surface area (Å²) in [7, 11) is 0. The molecule has 5 heteroatoms. The highest BCUT2D eigenvalue weighted by atomic mass is 16.4. The van der Waals surface area contributed by atoms with Crippen LogP contribution in [0.5, 0.6) is 0 Å². The van der Waals surface area contributed by atoms with Gasteiger partial charge in [-0.3, -0.25) is 9.59 Å².